The van der Waals surface area contributed by atoms with Crippen molar-refractivity contribution in [3.63, 3.8) is 0 Å². The van der Waals surface area contributed by atoms with Gasteiger partial charge in [-0.2, -0.15) is 4.98 Å². The number of piperidine rings is 1. The van der Waals surface area contributed by atoms with Crippen LogP contribution in [0.5, 0.6) is 5.75 Å². The quantitative estimate of drug-likeness (QED) is 0.592. The first-order chi connectivity index (χ1) is 14.5. The SMILES string of the molecule is Cc1ccc(-c2nc(CN3CCC[C@H](C(=O)Nc4cc(Cl)ccc4O)C3)no2)cc1. The molecular weight excluding hydrogens is 404 g/mol. The van der Waals surface area contributed by atoms with E-state index in [2.05, 4.69) is 20.4 Å². The van der Waals surface area contributed by atoms with Crippen LogP contribution in [0.3, 0.4) is 0 Å². The van der Waals surface area contributed by atoms with Crippen LogP contribution in [-0.2, 0) is 11.3 Å². The van der Waals surface area contributed by atoms with Crippen LogP contribution < -0.4 is 5.32 Å². The van der Waals surface area contributed by atoms with E-state index in [0.717, 1.165) is 24.9 Å². The fourth-order valence-electron chi connectivity index (χ4n) is 3.59. The monoisotopic (exact) mass is 426 g/mol. The van der Waals surface area contributed by atoms with Crippen molar-refractivity contribution in [2.24, 2.45) is 5.92 Å². The van der Waals surface area contributed by atoms with Crippen LogP contribution in [0.15, 0.2) is 47.0 Å². The number of anilines is 1. The summed E-state index contributed by atoms with van der Waals surface area (Å²) in [5.41, 5.74) is 2.38. The van der Waals surface area contributed by atoms with E-state index in [4.69, 9.17) is 16.1 Å². The molecule has 4 rings (SSSR count). The molecule has 1 aliphatic rings. The third-order valence-electron chi connectivity index (χ3n) is 5.22. The van der Waals surface area contributed by atoms with Crippen LogP contribution >= 0.6 is 11.6 Å². The summed E-state index contributed by atoms with van der Waals surface area (Å²) in [6, 6.07) is 12.5. The number of phenols is 1. The Kier molecular flexibility index (Phi) is 6.01. The van der Waals surface area contributed by atoms with E-state index < -0.39 is 0 Å². The Labute approximate surface area is 179 Å². The summed E-state index contributed by atoms with van der Waals surface area (Å²) < 4.78 is 5.40. The molecule has 0 spiro atoms. The fourth-order valence-corrected chi connectivity index (χ4v) is 3.76. The normalized spacial score (nSPS) is 17.1. The van der Waals surface area contributed by atoms with Crippen molar-refractivity contribution >= 4 is 23.2 Å². The average Bonchev–Trinajstić information content (AvgIpc) is 3.20. The molecule has 7 nitrogen and oxygen atoms in total. The topological polar surface area (TPSA) is 91.5 Å². The van der Waals surface area contributed by atoms with Gasteiger partial charge in [0.25, 0.3) is 5.89 Å². The van der Waals surface area contributed by atoms with Crippen LogP contribution in [0.4, 0.5) is 5.69 Å². The molecule has 1 atom stereocenters. The fraction of sp³-hybridized carbons (Fsp3) is 0.318. The minimum Gasteiger partial charge on any atom is -0.506 e. The molecule has 3 aromatic rings. The van der Waals surface area contributed by atoms with E-state index in [-0.39, 0.29) is 17.6 Å². The molecule has 2 N–H and O–H groups in total. The van der Waals surface area contributed by atoms with Crippen molar-refractivity contribution in [1.82, 2.24) is 15.0 Å². The van der Waals surface area contributed by atoms with Gasteiger partial charge in [0.15, 0.2) is 5.82 Å². The number of hydrogen-bond acceptors (Lipinski definition) is 6. The lowest BCUT2D eigenvalue weighted by Crippen LogP contribution is -2.40. The van der Waals surface area contributed by atoms with Crippen molar-refractivity contribution in [3.05, 3.63) is 58.9 Å². The van der Waals surface area contributed by atoms with Gasteiger partial charge in [-0.05, 0) is 56.6 Å². The molecule has 0 saturated carbocycles. The molecule has 0 aliphatic carbocycles. The number of benzene rings is 2. The summed E-state index contributed by atoms with van der Waals surface area (Å²) in [5, 5.41) is 17.3. The van der Waals surface area contributed by atoms with Crippen LogP contribution in [0, 0.1) is 12.8 Å². The van der Waals surface area contributed by atoms with Crippen molar-refractivity contribution < 1.29 is 14.4 Å². The van der Waals surface area contributed by atoms with Gasteiger partial charge in [0.05, 0.1) is 18.2 Å². The van der Waals surface area contributed by atoms with Crippen LogP contribution in [0.25, 0.3) is 11.5 Å². The summed E-state index contributed by atoms with van der Waals surface area (Å²) in [7, 11) is 0. The number of amides is 1. The number of nitrogens with zero attached hydrogens (tertiary/aromatic N) is 3. The maximum atomic E-state index is 12.7. The Hall–Kier alpha value is -2.90. The first-order valence-electron chi connectivity index (χ1n) is 9.89. The number of halogens is 1. The average molecular weight is 427 g/mol. The summed E-state index contributed by atoms with van der Waals surface area (Å²) in [6.45, 7) is 3.99. The maximum Gasteiger partial charge on any atom is 0.257 e. The molecule has 0 radical (unpaired) electrons. The number of aromatic nitrogens is 2. The standard InChI is InChI=1S/C22H23ClN4O3/c1-14-4-6-15(7-5-14)22-25-20(26-30-22)13-27-10-2-3-16(12-27)21(29)24-18-11-17(23)8-9-19(18)28/h4-9,11,16,28H,2-3,10,12-13H2,1H3,(H,24,29)/t16-/m0/s1. The van der Waals surface area contributed by atoms with Crippen molar-refractivity contribution in [3.8, 4) is 17.2 Å². The number of phenolic OH excluding ortho intramolecular Hbond substituents is 1. The highest BCUT2D eigenvalue weighted by Crippen LogP contribution is 2.28. The summed E-state index contributed by atoms with van der Waals surface area (Å²) in [6.07, 6.45) is 1.67. The third kappa shape index (κ3) is 4.80. The lowest BCUT2D eigenvalue weighted by Gasteiger charge is -2.31. The predicted molar refractivity (Wildman–Crippen MR) is 114 cm³/mol. The van der Waals surface area contributed by atoms with Gasteiger partial charge in [-0.15, -0.1) is 0 Å². The van der Waals surface area contributed by atoms with Gasteiger partial charge in [-0.3, -0.25) is 9.69 Å². The van der Waals surface area contributed by atoms with E-state index >= 15 is 0 Å². The minimum atomic E-state index is -0.194. The predicted octanol–water partition coefficient (Wildman–Crippen LogP) is 4.25. The number of likely N-dealkylation sites (tertiary alicyclic amines) is 1. The number of aromatic hydroxyl groups is 1. The lowest BCUT2D eigenvalue weighted by atomic mass is 9.97. The molecule has 1 aromatic heterocycles. The zero-order valence-electron chi connectivity index (χ0n) is 16.6. The van der Waals surface area contributed by atoms with Crippen LogP contribution in [0.1, 0.15) is 24.2 Å². The molecule has 0 bridgehead atoms. The highest BCUT2D eigenvalue weighted by molar-refractivity contribution is 6.31. The number of nitrogens with one attached hydrogen (secondary N) is 1. The van der Waals surface area contributed by atoms with E-state index in [1.807, 2.05) is 31.2 Å². The molecule has 30 heavy (non-hydrogen) atoms. The molecule has 2 aromatic carbocycles. The molecular formula is C22H23ClN4O3. The Morgan fingerprint density at radius 1 is 1.30 bits per heavy atom. The van der Waals surface area contributed by atoms with E-state index in [0.29, 0.717) is 35.5 Å². The van der Waals surface area contributed by atoms with Crippen molar-refractivity contribution in [2.75, 3.05) is 18.4 Å². The van der Waals surface area contributed by atoms with Crippen molar-refractivity contribution in [1.29, 1.82) is 0 Å². The van der Waals surface area contributed by atoms with Gasteiger partial charge in [0.2, 0.25) is 5.91 Å². The Morgan fingerprint density at radius 2 is 2.10 bits per heavy atom. The van der Waals surface area contributed by atoms with Gasteiger partial charge < -0.3 is 14.9 Å². The molecule has 8 heteroatoms. The van der Waals surface area contributed by atoms with E-state index in [9.17, 15) is 9.90 Å². The van der Waals surface area contributed by atoms with Gasteiger partial charge in [-0.25, -0.2) is 0 Å². The molecule has 0 unspecified atom stereocenters. The first kappa shape index (κ1) is 20.4. The van der Waals surface area contributed by atoms with Gasteiger partial charge in [-0.1, -0.05) is 34.5 Å². The maximum absolute atomic E-state index is 12.7. The number of hydrogen-bond donors (Lipinski definition) is 2. The van der Waals surface area contributed by atoms with E-state index in [1.165, 1.54) is 11.6 Å². The van der Waals surface area contributed by atoms with E-state index in [1.54, 1.807) is 12.1 Å². The highest BCUT2D eigenvalue weighted by atomic mass is 35.5. The molecule has 1 amide bonds. The number of aryl methyl sites for hydroxylation is 1. The van der Waals surface area contributed by atoms with Gasteiger partial charge in [0.1, 0.15) is 5.75 Å². The molecule has 1 fully saturated rings. The molecule has 1 aliphatic heterocycles. The zero-order valence-corrected chi connectivity index (χ0v) is 17.4. The Balaban J connectivity index is 1.38. The smallest absolute Gasteiger partial charge is 0.257 e. The second-order valence-electron chi connectivity index (χ2n) is 7.61. The highest BCUT2D eigenvalue weighted by Gasteiger charge is 2.27. The molecule has 2 heterocycles. The minimum absolute atomic E-state index is 0.00384. The zero-order chi connectivity index (χ0) is 21.1. The summed E-state index contributed by atoms with van der Waals surface area (Å²) in [4.78, 5) is 19.3. The van der Waals surface area contributed by atoms with Gasteiger partial charge >= 0.3 is 0 Å². The molecule has 1 saturated heterocycles. The number of carbonyl (C=O) groups is 1. The number of rotatable bonds is 5. The summed E-state index contributed by atoms with van der Waals surface area (Å²) >= 11 is 5.96. The Morgan fingerprint density at radius 3 is 2.90 bits per heavy atom. The van der Waals surface area contributed by atoms with Crippen molar-refractivity contribution in [2.45, 2.75) is 26.3 Å². The largest absolute Gasteiger partial charge is 0.506 e. The third-order valence-corrected chi connectivity index (χ3v) is 5.46. The lowest BCUT2D eigenvalue weighted by molar-refractivity contribution is -0.121. The first-order valence-corrected chi connectivity index (χ1v) is 10.3. The van der Waals surface area contributed by atoms with Gasteiger partial charge in [0, 0.05) is 17.1 Å². The second-order valence-corrected chi connectivity index (χ2v) is 8.04. The van der Waals surface area contributed by atoms with Crippen LogP contribution in [0.2, 0.25) is 5.02 Å². The number of carbonyl (C=O) groups excluding carboxylic acids is 1. The summed E-state index contributed by atoms with van der Waals surface area (Å²) in [5.74, 6) is 0.758. The molecule has 156 valence electrons. The second kappa shape index (κ2) is 8.85. The van der Waals surface area contributed by atoms with Crippen LogP contribution in [-0.4, -0.2) is 39.1 Å². The Bertz CT molecular complexity index is 1040.